The number of hydrogen-bond acceptors (Lipinski definition) is 2. The van der Waals surface area contributed by atoms with E-state index in [9.17, 15) is 0 Å². The van der Waals surface area contributed by atoms with E-state index in [1.807, 2.05) is 0 Å². The Morgan fingerprint density at radius 3 is 2.33 bits per heavy atom. The SMILES string of the molecule is CC1(C)C2=CC3c4ccccc4C4(CCCCC4)C3C=C2c2cccc(C3=CCC(C4=C(C5=CC=CCC5)N=C(c5ccccc5)C(C5=CC=CCC5)N4)C=C3)c21. The molecule has 4 unspecified atom stereocenters. The van der Waals surface area contributed by atoms with E-state index in [0.29, 0.717) is 11.8 Å². The van der Waals surface area contributed by atoms with Gasteiger partial charge in [0.05, 0.1) is 17.5 Å². The van der Waals surface area contributed by atoms with Crippen molar-refractivity contribution in [3.05, 3.63) is 201 Å². The molecule has 0 radical (unpaired) electrons. The Kier molecular flexibility index (Phi) is 8.42. The zero-order valence-corrected chi connectivity index (χ0v) is 33.6. The van der Waals surface area contributed by atoms with Crippen molar-refractivity contribution in [3.63, 3.8) is 0 Å². The molecule has 0 amide bonds. The Bertz CT molecular complexity index is 2480. The summed E-state index contributed by atoms with van der Waals surface area (Å²) in [7, 11) is 0. The highest BCUT2D eigenvalue weighted by molar-refractivity contribution is 6.08. The number of fused-ring (bicyclic) bond motifs is 8. The van der Waals surface area contributed by atoms with Crippen molar-refractivity contribution in [2.24, 2.45) is 16.8 Å². The number of allylic oxidation sites excluding steroid dienone is 15. The van der Waals surface area contributed by atoms with Gasteiger partial charge >= 0.3 is 0 Å². The van der Waals surface area contributed by atoms with Gasteiger partial charge in [-0.1, -0.05) is 173 Å². The van der Waals surface area contributed by atoms with Crippen LogP contribution in [0.15, 0.2) is 173 Å². The average Bonchev–Trinajstić information content (AvgIpc) is 3.67. The predicted molar refractivity (Wildman–Crippen MR) is 238 cm³/mol. The third kappa shape index (κ3) is 5.54. The van der Waals surface area contributed by atoms with Crippen LogP contribution in [0.25, 0.3) is 11.1 Å². The number of aliphatic imine (C=N–C) groups is 1. The van der Waals surface area contributed by atoms with E-state index in [2.05, 4.69) is 159 Å². The van der Waals surface area contributed by atoms with Gasteiger partial charge in [-0.15, -0.1) is 0 Å². The normalized spacial score (nSPS) is 27.5. The highest BCUT2D eigenvalue weighted by Crippen LogP contribution is 2.64. The second-order valence-electron chi connectivity index (χ2n) is 18.3. The lowest BCUT2D eigenvalue weighted by Crippen LogP contribution is -2.44. The third-order valence-electron chi connectivity index (χ3n) is 14.9. The minimum Gasteiger partial charge on any atom is -0.374 e. The number of benzene rings is 3. The van der Waals surface area contributed by atoms with Crippen molar-refractivity contribution in [2.75, 3.05) is 0 Å². The van der Waals surface area contributed by atoms with Crippen molar-refractivity contribution in [1.29, 1.82) is 0 Å². The molecule has 8 aliphatic rings. The van der Waals surface area contributed by atoms with E-state index >= 15 is 0 Å². The van der Waals surface area contributed by atoms with Crippen LogP contribution < -0.4 is 5.32 Å². The lowest BCUT2D eigenvalue weighted by atomic mass is 9.62. The summed E-state index contributed by atoms with van der Waals surface area (Å²) in [5, 5.41) is 4.17. The molecular weight excluding hydrogens is 689 g/mol. The first kappa shape index (κ1) is 35.0. The predicted octanol–water partition coefficient (Wildman–Crippen LogP) is 13.1. The third-order valence-corrected chi connectivity index (χ3v) is 14.9. The molecule has 1 N–H and O–H groups in total. The van der Waals surface area contributed by atoms with Crippen molar-refractivity contribution in [3.8, 4) is 0 Å². The number of hydrogen-bond donors (Lipinski definition) is 1. The molecule has 1 spiro atoms. The van der Waals surface area contributed by atoms with Crippen LogP contribution in [0.5, 0.6) is 0 Å². The van der Waals surface area contributed by atoms with Crippen molar-refractivity contribution in [1.82, 2.24) is 5.32 Å². The quantitative estimate of drug-likeness (QED) is 0.277. The van der Waals surface area contributed by atoms with Crippen LogP contribution in [0.3, 0.4) is 0 Å². The standard InChI is InChI=1S/C55H54N2/c1-54(2)47-34-44-42-24-13-14-27-46(42)55(32-15-6-16-33-55)48(44)35-45(47)43-26-17-25-41(49(43)54)36-28-30-40(31-29-36)53-52(39-22-11-5-12-23-39)56-50(37-18-7-3-8-19-37)51(57-53)38-20-9-4-10-21-38/h3-5,7-9,11,13-14,17-20,22,24-30,34-35,40,44,48,51,57H,6,10,12,15-16,21,23,31-33H2,1-2H3. The van der Waals surface area contributed by atoms with E-state index in [1.165, 1.54) is 87.9 Å². The molecular formula is C55H54N2. The molecule has 1 saturated carbocycles. The molecule has 2 heteroatoms. The summed E-state index contributed by atoms with van der Waals surface area (Å²) in [4.78, 5) is 5.64. The molecule has 1 heterocycles. The van der Waals surface area contributed by atoms with Crippen LogP contribution in [-0.2, 0) is 10.8 Å². The monoisotopic (exact) mass is 742 g/mol. The zero-order valence-electron chi connectivity index (χ0n) is 33.6. The van der Waals surface area contributed by atoms with Crippen LogP contribution in [0, 0.1) is 11.8 Å². The molecule has 1 fully saturated rings. The van der Waals surface area contributed by atoms with E-state index in [4.69, 9.17) is 4.99 Å². The van der Waals surface area contributed by atoms with Gasteiger partial charge in [-0.3, -0.25) is 0 Å². The summed E-state index contributed by atoms with van der Waals surface area (Å²) in [6.07, 6.45) is 38.4. The molecule has 0 bridgehead atoms. The molecule has 1 aliphatic heterocycles. The van der Waals surface area contributed by atoms with Gasteiger partial charge in [0.15, 0.2) is 0 Å². The van der Waals surface area contributed by atoms with E-state index in [-0.39, 0.29) is 22.8 Å². The van der Waals surface area contributed by atoms with Gasteiger partial charge in [0, 0.05) is 28.4 Å². The van der Waals surface area contributed by atoms with Gasteiger partial charge in [-0.2, -0.15) is 0 Å². The second-order valence-corrected chi connectivity index (χ2v) is 18.3. The van der Waals surface area contributed by atoms with Gasteiger partial charge in [0.1, 0.15) is 0 Å². The van der Waals surface area contributed by atoms with Gasteiger partial charge in [0.25, 0.3) is 0 Å². The minimum absolute atomic E-state index is 0.0527. The Balaban J connectivity index is 0.966. The van der Waals surface area contributed by atoms with Crippen LogP contribution in [0.2, 0.25) is 0 Å². The largest absolute Gasteiger partial charge is 0.374 e. The van der Waals surface area contributed by atoms with Crippen molar-refractivity contribution < 1.29 is 0 Å². The molecule has 3 aromatic carbocycles. The van der Waals surface area contributed by atoms with Gasteiger partial charge in [-0.25, -0.2) is 4.99 Å². The van der Waals surface area contributed by atoms with Crippen LogP contribution >= 0.6 is 0 Å². The fourth-order valence-electron chi connectivity index (χ4n) is 12.2. The first-order valence-corrected chi connectivity index (χ1v) is 21.9. The molecule has 0 aromatic heterocycles. The molecule has 7 aliphatic carbocycles. The lowest BCUT2D eigenvalue weighted by molar-refractivity contribution is 0.233. The summed E-state index contributed by atoms with van der Waals surface area (Å²) in [6.45, 7) is 4.98. The topological polar surface area (TPSA) is 24.4 Å². The molecule has 4 atom stereocenters. The van der Waals surface area contributed by atoms with Gasteiger partial charge in [0.2, 0.25) is 0 Å². The Labute approximate surface area is 339 Å². The fourth-order valence-corrected chi connectivity index (χ4v) is 12.2. The number of rotatable bonds is 5. The molecule has 11 rings (SSSR count). The van der Waals surface area contributed by atoms with E-state index < -0.39 is 0 Å². The van der Waals surface area contributed by atoms with Crippen molar-refractivity contribution >= 4 is 16.9 Å². The maximum absolute atomic E-state index is 5.64. The summed E-state index contributed by atoms with van der Waals surface area (Å²) >= 11 is 0. The summed E-state index contributed by atoms with van der Waals surface area (Å²) in [5.74, 6) is 1.24. The van der Waals surface area contributed by atoms with Crippen LogP contribution in [0.1, 0.15) is 117 Å². The van der Waals surface area contributed by atoms with Crippen LogP contribution in [-0.4, -0.2) is 11.8 Å². The molecule has 3 aromatic rings. The molecule has 0 saturated heterocycles. The first-order chi connectivity index (χ1) is 28.0. The maximum atomic E-state index is 5.64. The first-order valence-electron chi connectivity index (χ1n) is 21.9. The fraction of sp³-hybridized carbons (Fsp3) is 0.327. The summed E-state index contributed by atoms with van der Waals surface area (Å²) in [6, 6.07) is 27.5. The van der Waals surface area contributed by atoms with Crippen LogP contribution in [0.4, 0.5) is 0 Å². The van der Waals surface area contributed by atoms with Crippen molar-refractivity contribution in [2.45, 2.75) is 101 Å². The summed E-state index contributed by atoms with van der Waals surface area (Å²) in [5.41, 5.74) is 19.7. The van der Waals surface area contributed by atoms with Gasteiger partial charge in [-0.05, 0) is 112 Å². The summed E-state index contributed by atoms with van der Waals surface area (Å²) < 4.78 is 0. The lowest BCUT2D eigenvalue weighted by Gasteiger charge is -2.41. The van der Waals surface area contributed by atoms with Gasteiger partial charge < -0.3 is 5.32 Å². The highest BCUT2D eigenvalue weighted by atomic mass is 15.0. The number of nitrogens with zero attached hydrogens (tertiary/aromatic N) is 1. The molecule has 2 nitrogen and oxygen atoms in total. The maximum Gasteiger partial charge on any atom is 0.0907 e. The minimum atomic E-state index is -0.0783. The molecule has 57 heavy (non-hydrogen) atoms. The Morgan fingerprint density at radius 1 is 0.772 bits per heavy atom. The Hall–Kier alpha value is -5.21. The van der Waals surface area contributed by atoms with E-state index in [1.54, 1.807) is 11.1 Å². The highest BCUT2D eigenvalue weighted by Gasteiger charge is 2.54. The smallest absolute Gasteiger partial charge is 0.0907 e. The molecule has 284 valence electrons. The average molecular weight is 743 g/mol. The second kappa shape index (κ2) is 13.7. The Morgan fingerprint density at radius 2 is 1.56 bits per heavy atom. The number of nitrogens with one attached hydrogen (secondary N) is 1. The zero-order chi connectivity index (χ0) is 38.1. The van der Waals surface area contributed by atoms with E-state index in [0.717, 1.165) is 43.5 Å².